The Hall–Kier alpha value is -0.770. The Bertz CT molecular complexity index is 401. The van der Waals surface area contributed by atoms with Crippen LogP contribution in [0.1, 0.15) is 30.6 Å². The number of hydrogen-bond donors (Lipinski definition) is 2. The number of halogens is 2. The molecule has 0 aromatic heterocycles. The van der Waals surface area contributed by atoms with Crippen LogP contribution in [0.5, 0.6) is 0 Å². The predicted molar refractivity (Wildman–Crippen MR) is 74.3 cm³/mol. The SMILES string of the molecule is CC(C)C(CCO)NC(=O)c1cc(Cl)cc(Cl)c1. The monoisotopic (exact) mass is 289 g/mol. The summed E-state index contributed by atoms with van der Waals surface area (Å²) in [6.45, 7) is 4.02. The highest BCUT2D eigenvalue weighted by atomic mass is 35.5. The Morgan fingerprint density at radius 3 is 2.28 bits per heavy atom. The Balaban J connectivity index is 2.80. The van der Waals surface area contributed by atoms with Crippen LogP contribution >= 0.6 is 23.2 Å². The molecular weight excluding hydrogens is 273 g/mol. The summed E-state index contributed by atoms with van der Waals surface area (Å²) in [5.41, 5.74) is 0.427. The summed E-state index contributed by atoms with van der Waals surface area (Å²) in [7, 11) is 0. The molecule has 1 unspecified atom stereocenters. The van der Waals surface area contributed by atoms with Gasteiger partial charge in [-0.2, -0.15) is 0 Å². The van der Waals surface area contributed by atoms with Crippen molar-refractivity contribution in [3.63, 3.8) is 0 Å². The van der Waals surface area contributed by atoms with Crippen LogP contribution in [0.4, 0.5) is 0 Å². The van der Waals surface area contributed by atoms with Gasteiger partial charge in [0.15, 0.2) is 0 Å². The van der Waals surface area contributed by atoms with E-state index in [1.165, 1.54) is 0 Å². The van der Waals surface area contributed by atoms with E-state index in [2.05, 4.69) is 5.32 Å². The summed E-state index contributed by atoms with van der Waals surface area (Å²) in [4.78, 5) is 12.0. The van der Waals surface area contributed by atoms with Gasteiger partial charge in [0.05, 0.1) is 0 Å². The van der Waals surface area contributed by atoms with Gasteiger partial charge in [-0.25, -0.2) is 0 Å². The molecule has 0 saturated carbocycles. The molecule has 5 heteroatoms. The van der Waals surface area contributed by atoms with Crippen molar-refractivity contribution in [2.24, 2.45) is 5.92 Å². The molecule has 0 saturated heterocycles. The number of nitrogens with one attached hydrogen (secondary N) is 1. The number of aliphatic hydroxyl groups excluding tert-OH is 1. The number of amides is 1. The van der Waals surface area contributed by atoms with E-state index < -0.39 is 0 Å². The van der Waals surface area contributed by atoms with Crippen molar-refractivity contribution in [2.45, 2.75) is 26.3 Å². The molecule has 0 bridgehead atoms. The van der Waals surface area contributed by atoms with E-state index in [9.17, 15) is 4.79 Å². The van der Waals surface area contributed by atoms with Crippen LogP contribution in [-0.2, 0) is 0 Å². The van der Waals surface area contributed by atoms with Crippen molar-refractivity contribution in [1.29, 1.82) is 0 Å². The zero-order valence-electron chi connectivity index (χ0n) is 10.4. The smallest absolute Gasteiger partial charge is 0.251 e. The molecule has 1 amide bonds. The number of carbonyl (C=O) groups is 1. The lowest BCUT2D eigenvalue weighted by atomic mass is 10.0. The molecule has 18 heavy (non-hydrogen) atoms. The molecule has 1 aromatic rings. The fourth-order valence-electron chi connectivity index (χ4n) is 1.65. The minimum atomic E-state index is -0.230. The molecule has 2 N–H and O–H groups in total. The lowest BCUT2D eigenvalue weighted by Gasteiger charge is -2.21. The molecule has 100 valence electrons. The van der Waals surface area contributed by atoms with Crippen LogP contribution in [0.25, 0.3) is 0 Å². The second-order valence-corrected chi connectivity index (χ2v) is 5.37. The first kappa shape index (κ1) is 15.3. The number of benzene rings is 1. The van der Waals surface area contributed by atoms with E-state index >= 15 is 0 Å². The van der Waals surface area contributed by atoms with Crippen LogP contribution < -0.4 is 5.32 Å². The minimum Gasteiger partial charge on any atom is -0.396 e. The van der Waals surface area contributed by atoms with Crippen LogP contribution in [0.2, 0.25) is 10.0 Å². The van der Waals surface area contributed by atoms with E-state index in [0.717, 1.165) is 0 Å². The lowest BCUT2D eigenvalue weighted by Crippen LogP contribution is -2.39. The average molecular weight is 290 g/mol. The maximum Gasteiger partial charge on any atom is 0.251 e. The molecule has 1 rings (SSSR count). The molecule has 0 heterocycles. The van der Waals surface area contributed by atoms with Crippen LogP contribution in [-0.4, -0.2) is 23.7 Å². The molecule has 1 aromatic carbocycles. The fraction of sp³-hybridized carbons (Fsp3) is 0.462. The van der Waals surface area contributed by atoms with Gasteiger partial charge in [0.1, 0.15) is 0 Å². The lowest BCUT2D eigenvalue weighted by molar-refractivity contribution is 0.0916. The molecule has 0 aliphatic rings. The standard InChI is InChI=1S/C13H17Cl2NO2/c1-8(2)12(3-4-17)16-13(18)9-5-10(14)7-11(15)6-9/h5-8,12,17H,3-4H2,1-2H3,(H,16,18). The highest BCUT2D eigenvalue weighted by Gasteiger charge is 2.17. The van der Waals surface area contributed by atoms with E-state index in [0.29, 0.717) is 22.0 Å². The number of hydrogen-bond acceptors (Lipinski definition) is 2. The van der Waals surface area contributed by atoms with Crippen molar-refractivity contribution in [3.8, 4) is 0 Å². The van der Waals surface area contributed by atoms with Crippen molar-refractivity contribution in [2.75, 3.05) is 6.61 Å². The second kappa shape index (κ2) is 6.98. The molecular formula is C13H17Cl2NO2. The van der Waals surface area contributed by atoms with Crippen LogP contribution in [0.3, 0.4) is 0 Å². The van der Waals surface area contributed by atoms with Crippen molar-refractivity contribution in [3.05, 3.63) is 33.8 Å². The molecule has 0 aliphatic heterocycles. The van der Waals surface area contributed by atoms with Crippen molar-refractivity contribution in [1.82, 2.24) is 5.32 Å². The van der Waals surface area contributed by atoms with Crippen molar-refractivity contribution < 1.29 is 9.90 Å². The summed E-state index contributed by atoms with van der Waals surface area (Å²) >= 11 is 11.7. The zero-order chi connectivity index (χ0) is 13.7. The number of carbonyl (C=O) groups excluding carboxylic acids is 1. The molecule has 1 atom stereocenters. The summed E-state index contributed by atoms with van der Waals surface area (Å²) in [6, 6.07) is 4.64. The third kappa shape index (κ3) is 4.48. The van der Waals surface area contributed by atoms with Gasteiger partial charge in [0.25, 0.3) is 5.91 Å². The maximum atomic E-state index is 12.0. The summed E-state index contributed by atoms with van der Waals surface area (Å²) in [5.74, 6) is 0.0160. The number of aliphatic hydroxyl groups is 1. The molecule has 0 aliphatic carbocycles. The fourth-order valence-corrected chi connectivity index (χ4v) is 2.17. The third-order valence-corrected chi connectivity index (χ3v) is 3.12. The largest absolute Gasteiger partial charge is 0.396 e. The first-order chi connectivity index (χ1) is 8.43. The topological polar surface area (TPSA) is 49.3 Å². The summed E-state index contributed by atoms with van der Waals surface area (Å²) < 4.78 is 0. The van der Waals surface area contributed by atoms with Gasteiger partial charge < -0.3 is 10.4 Å². The number of rotatable bonds is 5. The van der Waals surface area contributed by atoms with Gasteiger partial charge >= 0.3 is 0 Å². The van der Waals surface area contributed by atoms with E-state index in [1.807, 2.05) is 13.8 Å². The van der Waals surface area contributed by atoms with Gasteiger partial charge in [0, 0.05) is 28.3 Å². The van der Waals surface area contributed by atoms with E-state index in [1.54, 1.807) is 18.2 Å². The quantitative estimate of drug-likeness (QED) is 0.875. The van der Waals surface area contributed by atoms with Crippen LogP contribution in [0, 0.1) is 5.92 Å². The Morgan fingerprint density at radius 1 is 1.28 bits per heavy atom. The Morgan fingerprint density at radius 2 is 1.83 bits per heavy atom. The zero-order valence-corrected chi connectivity index (χ0v) is 11.9. The van der Waals surface area contributed by atoms with Gasteiger partial charge in [-0.05, 0) is 30.5 Å². The Kier molecular flexibility index (Phi) is 5.93. The molecule has 0 spiro atoms. The van der Waals surface area contributed by atoms with Crippen LogP contribution in [0.15, 0.2) is 18.2 Å². The first-order valence-electron chi connectivity index (χ1n) is 5.82. The molecule has 0 radical (unpaired) electrons. The van der Waals surface area contributed by atoms with Gasteiger partial charge in [0.2, 0.25) is 0 Å². The normalized spacial score (nSPS) is 12.6. The van der Waals surface area contributed by atoms with Gasteiger partial charge in [-0.3, -0.25) is 4.79 Å². The van der Waals surface area contributed by atoms with E-state index in [4.69, 9.17) is 28.3 Å². The van der Waals surface area contributed by atoms with Gasteiger partial charge in [-0.15, -0.1) is 0 Å². The third-order valence-electron chi connectivity index (χ3n) is 2.69. The highest BCUT2D eigenvalue weighted by Crippen LogP contribution is 2.19. The maximum absolute atomic E-state index is 12.0. The Labute approximate surface area is 117 Å². The van der Waals surface area contributed by atoms with Gasteiger partial charge in [-0.1, -0.05) is 37.0 Å². The summed E-state index contributed by atoms with van der Waals surface area (Å²) in [6.07, 6.45) is 0.526. The average Bonchev–Trinajstić information content (AvgIpc) is 2.26. The second-order valence-electron chi connectivity index (χ2n) is 4.49. The summed E-state index contributed by atoms with van der Waals surface area (Å²) in [5, 5.41) is 12.7. The predicted octanol–water partition coefficient (Wildman–Crippen LogP) is 3.13. The highest BCUT2D eigenvalue weighted by molar-refractivity contribution is 6.35. The first-order valence-corrected chi connectivity index (χ1v) is 6.57. The van der Waals surface area contributed by atoms with E-state index in [-0.39, 0.29) is 24.5 Å². The van der Waals surface area contributed by atoms with Crippen molar-refractivity contribution >= 4 is 29.1 Å². The molecule has 0 fully saturated rings. The molecule has 3 nitrogen and oxygen atoms in total. The minimum absolute atomic E-state index is 0.0411.